The van der Waals surface area contributed by atoms with Crippen LogP contribution in [0.3, 0.4) is 0 Å². The van der Waals surface area contributed by atoms with Crippen molar-refractivity contribution >= 4 is 0 Å². The molecule has 1 aliphatic heterocycles. The second-order valence-electron chi connectivity index (χ2n) is 6.36. The van der Waals surface area contributed by atoms with Gasteiger partial charge in [-0.05, 0) is 18.2 Å². The van der Waals surface area contributed by atoms with E-state index in [-0.39, 0.29) is 6.04 Å². The van der Waals surface area contributed by atoms with E-state index in [1.807, 2.05) is 61.9 Å². The Hall–Kier alpha value is -2.77. The summed E-state index contributed by atoms with van der Waals surface area (Å²) in [6.45, 7) is 3.52. The lowest BCUT2D eigenvalue weighted by atomic mass is 10.1. The third kappa shape index (κ3) is 3.74. The molecule has 0 amide bonds. The zero-order chi connectivity index (χ0) is 17.8. The second-order valence-corrected chi connectivity index (χ2v) is 6.36. The number of nitrogens with zero attached hydrogens (tertiary/aromatic N) is 5. The van der Waals surface area contributed by atoms with Crippen molar-refractivity contribution in [2.45, 2.75) is 12.6 Å². The third-order valence-electron chi connectivity index (χ3n) is 4.54. The number of nitrogens with one attached hydrogen (secondary N) is 1. The van der Waals surface area contributed by atoms with Gasteiger partial charge in [0.1, 0.15) is 11.6 Å². The van der Waals surface area contributed by atoms with Crippen LogP contribution in [-0.2, 0) is 13.6 Å². The molecule has 3 aromatic rings. The van der Waals surface area contributed by atoms with Gasteiger partial charge in [0, 0.05) is 51.7 Å². The Kier molecular flexibility index (Phi) is 4.90. The lowest BCUT2D eigenvalue weighted by Gasteiger charge is -2.35. The van der Waals surface area contributed by atoms with Crippen LogP contribution in [0.5, 0.6) is 11.6 Å². The molecule has 0 bridgehead atoms. The zero-order valence-electron chi connectivity index (χ0n) is 14.7. The fourth-order valence-corrected chi connectivity index (χ4v) is 3.19. The van der Waals surface area contributed by atoms with Gasteiger partial charge in [0.15, 0.2) is 0 Å². The van der Waals surface area contributed by atoms with Crippen LogP contribution in [0.25, 0.3) is 0 Å². The number of aryl methyl sites for hydroxylation is 1. The Bertz CT molecular complexity index is 833. The Morgan fingerprint density at radius 3 is 2.77 bits per heavy atom. The fraction of sp³-hybridized carbons (Fsp3) is 0.316. The number of para-hydroxylation sites is 1. The molecule has 1 unspecified atom stereocenters. The first-order chi connectivity index (χ1) is 12.8. The zero-order valence-corrected chi connectivity index (χ0v) is 14.7. The Morgan fingerprint density at radius 1 is 1.15 bits per heavy atom. The predicted molar refractivity (Wildman–Crippen MR) is 97.8 cm³/mol. The van der Waals surface area contributed by atoms with Crippen LogP contribution in [0.2, 0.25) is 0 Å². The van der Waals surface area contributed by atoms with E-state index in [0.29, 0.717) is 5.88 Å². The van der Waals surface area contributed by atoms with Crippen LogP contribution in [0, 0.1) is 0 Å². The molecule has 0 spiro atoms. The highest BCUT2D eigenvalue weighted by Crippen LogP contribution is 2.23. The van der Waals surface area contributed by atoms with Gasteiger partial charge >= 0.3 is 0 Å². The summed E-state index contributed by atoms with van der Waals surface area (Å²) in [5.74, 6) is 2.32. The van der Waals surface area contributed by atoms with Gasteiger partial charge in [-0.1, -0.05) is 18.2 Å². The van der Waals surface area contributed by atoms with Crippen molar-refractivity contribution in [3.05, 3.63) is 66.4 Å². The fourth-order valence-electron chi connectivity index (χ4n) is 3.19. The van der Waals surface area contributed by atoms with Crippen LogP contribution >= 0.6 is 0 Å². The average Bonchev–Trinajstić information content (AvgIpc) is 3.10. The van der Waals surface area contributed by atoms with Gasteiger partial charge in [0.05, 0.1) is 11.7 Å². The molecule has 2 aromatic heterocycles. The summed E-state index contributed by atoms with van der Waals surface area (Å²) in [7, 11) is 2.03. The van der Waals surface area contributed by atoms with Crippen LogP contribution in [0.15, 0.2) is 54.9 Å². The minimum atomic E-state index is 0.228. The second kappa shape index (κ2) is 7.63. The largest absolute Gasteiger partial charge is 0.438 e. The molecule has 7 nitrogen and oxygen atoms in total. The van der Waals surface area contributed by atoms with Gasteiger partial charge in [-0.3, -0.25) is 4.90 Å². The minimum Gasteiger partial charge on any atom is -0.438 e. The first kappa shape index (κ1) is 16.7. The van der Waals surface area contributed by atoms with Crippen LogP contribution in [0.4, 0.5) is 0 Å². The van der Waals surface area contributed by atoms with Crippen molar-refractivity contribution in [1.29, 1.82) is 0 Å². The van der Waals surface area contributed by atoms with Gasteiger partial charge in [0.25, 0.3) is 0 Å². The summed E-state index contributed by atoms with van der Waals surface area (Å²) < 4.78 is 7.79. The maximum Gasteiger partial charge on any atom is 0.238 e. The lowest BCUT2D eigenvalue weighted by molar-refractivity contribution is 0.142. The molecular formula is C19H22N6O. The summed E-state index contributed by atoms with van der Waals surface area (Å²) in [5, 5.41) is 12.0. The molecule has 7 heteroatoms. The molecule has 1 saturated heterocycles. The minimum absolute atomic E-state index is 0.228. The average molecular weight is 350 g/mol. The smallest absolute Gasteiger partial charge is 0.238 e. The van der Waals surface area contributed by atoms with Crippen molar-refractivity contribution in [2.75, 3.05) is 19.6 Å². The highest BCUT2D eigenvalue weighted by atomic mass is 16.5. The lowest BCUT2D eigenvalue weighted by Crippen LogP contribution is -2.46. The van der Waals surface area contributed by atoms with E-state index in [1.165, 1.54) is 0 Å². The standard InChI is InChI=1S/C19H22N6O/c1-24-11-10-21-19(24)17-13-20-9-12-25(17)14-15-7-8-18(23-22-15)26-16-5-3-2-4-6-16/h2-8,10-11,17,20H,9,12-14H2,1H3. The summed E-state index contributed by atoms with van der Waals surface area (Å²) in [5.41, 5.74) is 0.923. The first-order valence-corrected chi connectivity index (χ1v) is 8.77. The van der Waals surface area contributed by atoms with Crippen molar-refractivity contribution in [1.82, 2.24) is 30.0 Å². The van der Waals surface area contributed by atoms with E-state index >= 15 is 0 Å². The molecule has 134 valence electrons. The number of rotatable bonds is 5. The van der Waals surface area contributed by atoms with Crippen molar-refractivity contribution in [3.8, 4) is 11.6 Å². The van der Waals surface area contributed by atoms with Crippen molar-refractivity contribution in [2.24, 2.45) is 7.05 Å². The van der Waals surface area contributed by atoms with E-state index in [0.717, 1.165) is 43.4 Å². The number of aromatic nitrogens is 4. The summed E-state index contributed by atoms with van der Waals surface area (Å²) in [6.07, 6.45) is 3.83. The van der Waals surface area contributed by atoms with Gasteiger partial charge < -0.3 is 14.6 Å². The quantitative estimate of drug-likeness (QED) is 0.760. The third-order valence-corrected chi connectivity index (χ3v) is 4.54. The Labute approximate surface area is 152 Å². The molecule has 1 atom stereocenters. The Balaban J connectivity index is 1.45. The van der Waals surface area contributed by atoms with Crippen molar-refractivity contribution < 1.29 is 4.74 Å². The first-order valence-electron chi connectivity index (χ1n) is 8.77. The van der Waals surface area contributed by atoms with Crippen molar-refractivity contribution in [3.63, 3.8) is 0 Å². The normalized spacial score (nSPS) is 18.0. The van der Waals surface area contributed by atoms with E-state index in [1.54, 1.807) is 0 Å². The topological polar surface area (TPSA) is 68.1 Å². The highest BCUT2D eigenvalue weighted by Gasteiger charge is 2.27. The molecule has 1 N–H and O–H groups in total. The molecule has 4 rings (SSSR count). The highest BCUT2D eigenvalue weighted by molar-refractivity contribution is 5.26. The number of imidazole rings is 1. The SMILES string of the molecule is Cn1ccnc1C1CNCCN1Cc1ccc(Oc2ccccc2)nn1. The molecule has 1 aliphatic rings. The van der Waals surface area contributed by atoms with E-state index in [9.17, 15) is 0 Å². The van der Waals surface area contributed by atoms with Crippen LogP contribution in [-0.4, -0.2) is 44.3 Å². The number of hydrogen-bond acceptors (Lipinski definition) is 6. The van der Waals surface area contributed by atoms with E-state index in [2.05, 4.69) is 30.0 Å². The summed E-state index contributed by atoms with van der Waals surface area (Å²) in [4.78, 5) is 6.91. The maximum atomic E-state index is 5.71. The molecule has 0 aliphatic carbocycles. The van der Waals surface area contributed by atoms with Crippen LogP contribution in [0.1, 0.15) is 17.6 Å². The van der Waals surface area contributed by atoms with Gasteiger partial charge in [-0.2, -0.15) is 5.10 Å². The molecule has 3 heterocycles. The maximum absolute atomic E-state index is 5.71. The summed E-state index contributed by atoms with van der Waals surface area (Å²) >= 11 is 0. The molecule has 26 heavy (non-hydrogen) atoms. The van der Waals surface area contributed by atoms with Gasteiger partial charge in [-0.15, -0.1) is 5.10 Å². The van der Waals surface area contributed by atoms with Gasteiger partial charge in [0.2, 0.25) is 5.88 Å². The molecule has 0 saturated carbocycles. The number of hydrogen-bond donors (Lipinski definition) is 1. The number of ether oxygens (including phenoxy) is 1. The molecule has 0 radical (unpaired) electrons. The van der Waals surface area contributed by atoms with E-state index in [4.69, 9.17) is 4.74 Å². The molecule has 1 aromatic carbocycles. The number of piperazine rings is 1. The molecular weight excluding hydrogens is 328 g/mol. The van der Waals surface area contributed by atoms with Gasteiger partial charge in [-0.25, -0.2) is 4.98 Å². The van der Waals surface area contributed by atoms with E-state index < -0.39 is 0 Å². The molecule has 1 fully saturated rings. The Morgan fingerprint density at radius 2 is 2.04 bits per heavy atom. The monoisotopic (exact) mass is 350 g/mol. The van der Waals surface area contributed by atoms with Crippen LogP contribution < -0.4 is 10.1 Å². The number of benzene rings is 1. The predicted octanol–water partition coefficient (Wildman–Crippen LogP) is 2.15. The summed E-state index contributed by atoms with van der Waals surface area (Å²) in [6, 6.07) is 13.7.